The van der Waals surface area contributed by atoms with Crippen molar-refractivity contribution in [3.05, 3.63) is 34.4 Å². The predicted octanol–water partition coefficient (Wildman–Crippen LogP) is 5.59. The Bertz CT molecular complexity index is 765. The second kappa shape index (κ2) is 7.07. The fourth-order valence-electron chi connectivity index (χ4n) is 5.95. The van der Waals surface area contributed by atoms with Crippen LogP contribution in [0.4, 0.5) is 0 Å². The summed E-state index contributed by atoms with van der Waals surface area (Å²) >= 11 is 0. The molecule has 0 aromatic heterocycles. The molecule has 0 saturated heterocycles. The SMILES string of the molecule is CCC(C)c1cc2c(cc1C(C)=O)[C@@]1(C)CCC[C@@](C)(C(=O)OC)C1CC2. The number of fused-ring (bicyclic) bond motifs is 3. The van der Waals surface area contributed by atoms with Crippen LogP contribution >= 0.6 is 0 Å². The minimum Gasteiger partial charge on any atom is -0.469 e. The topological polar surface area (TPSA) is 43.4 Å². The van der Waals surface area contributed by atoms with Crippen LogP contribution in [0.1, 0.15) is 99.7 Å². The van der Waals surface area contributed by atoms with E-state index in [0.717, 1.165) is 44.1 Å². The minimum absolute atomic E-state index is 0.0764. The molecule has 4 atom stereocenters. The molecule has 2 unspecified atom stereocenters. The maximum atomic E-state index is 12.7. The lowest BCUT2D eigenvalue weighted by Gasteiger charge is -2.54. The first-order chi connectivity index (χ1) is 12.7. The van der Waals surface area contributed by atoms with Crippen LogP contribution in [0.15, 0.2) is 12.1 Å². The van der Waals surface area contributed by atoms with Gasteiger partial charge in [-0.2, -0.15) is 0 Å². The molecule has 3 heteroatoms. The van der Waals surface area contributed by atoms with Crippen LogP contribution in [-0.4, -0.2) is 18.9 Å². The zero-order chi connectivity index (χ0) is 20.0. The Morgan fingerprint density at radius 1 is 1.26 bits per heavy atom. The van der Waals surface area contributed by atoms with Gasteiger partial charge in [-0.25, -0.2) is 0 Å². The first-order valence-electron chi connectivity index (χ1n) is 10.5. The standard InChI is InChI=1S/C24H34O3/c1-7-15(2)18-13-17-9-10-21-23(4,20(17)14-19(18)16(3)25)11-8-12-24(21,5)22(26)27-6/h13-15,21H,7-12H2,1-6H3/t15?,21?,23-,24-/m1/s1. The maximum absolute atomic E-state index is 12.7. The summed E-state index contributed by atoms with van der Waals surface area (Å²) < 4.78 is 5.21. The highest BCUT2D eigenvalue weighted by atomic mass is 16.5. The molecular weight excluding hydrogens is 336 g/mol. The van der Waals surface area contributed by atoms with Gasteiger partial charge in [0.25, 0.3) is 0 Å². The average Bonchev–Trinajstić information content (AvgIpc) is 2.65. The Hall–Kier alpha value is -1.64. The molecule has 0 bridgehead atoms. The highest BCUT2D eigenvalue weighted by Crippen LogP contribution is 2.58. The van der Waals surface area contributed by atoms with Crippen LogP contribution in [0.3, 0.4) is 0 Å². The van der Waals surface area contributed by atoms with Crippen molar-refractivity contribution in [2.24, 2.45) is 11.3 Å². The molecule has 148 valence electrons. The Morgan fingerprint density at radius 3 is 2.56 bits per heavy atom. The summed E-state index contributed by atoms with van der Waals surface area (Å²) in [6.45, 7) is 10.5. The van der Waals surface area contributed by atoms with Crippen LogP contribution in [0.25, 0.3) is 0 Å². The van der Waals surface area contributed by atoms with Crippen LogP contribution in [0.2, 0.25) is 0 Å². The third kappa shape index (κ3) is 3.03. The van der Waals surface area contributed by atoms with Gasteiger partial charge in [-0.05, 0) is 86.0 Å². The summed E-state index contributed by atoms with van der Waals surface area (Å²) in [6.07, 6.45) is 5.98. The quantitative estimate of drug-likeness (QED) is 0.513. The molecule has 1 aromatic rings. The van der Waals surface area contributed by atoms with Crippen LogP contribution in [0.5, 0.6) is 0 Å². The molecule has 1 saturated carbocycles. The van der Waals surface area contributed by atoms with Gasteiger partial charge in [-0.1, -0.05) is 33.3 Å². The molecule has 2 aliphatic rings. The fraction of sp³-hybridized carbons (Fsp3) is 0.667. The monoisotopic (exact) mass is 370 g/mol. The van der Waals surface area contributed by atoms with Gasteiger partial charge in [0.05, 0.1) is 12.5 Å². The zero-order valence-electron chi connectivity index (χ0n) is 17.8. The highest BCUT2D eigenvalue weighted by molar-refractivity contribution is 5.96. The van der Waals surface area contributed by atoms with E-state index in [9.17, 15) is 9.59 Å². The molecule has 1 fully saturated rings. The van der Waals surface area contributed by atoms with E-state index in [1.165, 1.54) is 23.8 Å². The second-order valence-electron chi connectivity index (χ2n) is 9.23. The molecule has 0 heterocycles. The summed E-state index contributed by atoms with van der Waals surface area (Å²) in [5.41, 5.74) is 4.22. The van der Waals surface area contributed by atoms with E-state index in [1.54, 1.807) is 6.92 Å². The van der Waals surface area contributed by atoms with Gasteiger partial charge in [0, 0.05) is 5.56 Å². The van der Waals surface area contributed by atoms with Crippen molar-refractivity contribution in [2.45, 2.75) is 84.5 Å². The number of benzene rings is 1. The third-order valence-corrected chi connectivity index (χ3v) is 7.70. The van der Waals surface area contributed by atoms with Crippen LogP contribution < -0.4 is 0 Å². The van der Waals surface area contributed by atoms with E-state index in [-0.39, 0.29) is 23.1 Å². The number of carbonyl (C=O) groups is 2. The number of hydrogen-bond acceptors (Lipinski definition) is 3. The van der Waals surface area contributed by atoms with E-state index < -0.39 is 5.41 Å². The van der Waals surface area contributed by atoms with Gasteiger partial charge in [0.1, 0.15) is 0 Å². The second-order valence-corrected chi connectivity index (χ2v) is 9.23. The molecule has 0 aliphatic heterocycles. The summed E-state index contributed by atoms with van der Waals surface area (Å²) in [5, 5.41) is 0. The highest BCUT2D eigenvalue weighted by Gasteiger charge is 2.55. The number of aryl methyl sites for hydroxylation is 1. The van der Waals surface area contributed by atoms with Crippen molar-refractivity contribution in [3.63, 3.8) is 0 Å². The lowest BCUT2D eigenvalue weighted by molar-refractivity contribution is -0.161. The Labute approximate surface area is 163 Å². The summed E-state index contributed by atoms with van der Waals surface area (Å²) in [6, 6.07) is 4.47. The number of rotatable bonds is 4. The summed E-state index contributed by atoms with van der Waals surface area (Å²) in [5.74, 6) is 0.703. The fourth-order valence-corrected chi connectivity index (χ4v) is 5.95. The minimum atomic E-state index is -0.439. The van der Waals surface area contributed by atoms with Gasteiger partial charge in [-0.3, -0.25) is 9.59 Å². The largest absolute Gasteiger partial charge is 0.469 e. The number of hydrogen-bond donors (Lipinski definition) is 0. The van der Waals surface area contributed by atoms with Gasteiger partial charge in [0.15, 0.2) is 5.78 Å². The number of methoxy groups -OCH3 is 1. The molecule has 3 rings (SSSR count). The predicted molar refractivity (Wildman–Crippen MR) is 108 cm³/mol. The Kier molecular flexibility index (Phi) is 5.26. The van der Waals surface area contributed by atoms with Crippen molar-refractivity contribution in [3.8, 4) is 0 Å². The molecule has 3 nitrogen and oxygen atoms in total. The molecule has 1 aromatic carbocycles. The van der Waals surface area contributed by atoms with Crippen molar-refractivity contribution in [1.82, 2.24) is 0 Å². The van der Waals surface area contributed by atoms with E-state index >= 15 is 0 Å². The zero-order valence-corrected chi connectivity index (χ0v) is 17.8. The van der Waals surface area contributed by atoms with Crippen LogP contribution in [-0.2, 0) is 21.4 Å². The first-order valence-corrected chi connectivity index (χ1v) is 10.5. The number of ketones is 1. The molecule has 0 radical (unpaired) electrons. The summed E-state index contributed by atoms with van der Waals surface area (Å²) in [4.78, 5) is 25.1. The van der Waals surface area contributed by atoms with Crippen LogP contribution in [0, 0.1) is 11.3 Å². The lowest BCUT2D eigenvalue weighted by Crippen LogP contribution is -2.52. The normalized spacial score (nSPS) is 30.8. The van der Waals surface area contributed by atoms with Crippen molar-refractivity contribution in [2.75, 3.05) is 7.11 Å². The molecule has 0 spiro atoms. The van der Waals surface area contributed by atoms with Gasteiger partial charge in [0.2, 0.25) is 0 Å². The number of esters is 1. The van der Waals surface area contributed by atoms with E-state index in [4.69, 9.17) is 4.74 Å². The van der Waals surface area contributed by atoms with Crippen molar-refractivity contribution < 1.29 is 14.3 Å². The van der Waals surface area contributed by atoms with Gasteiger partial charge < -0.3 is 4.74 Å². The summed E-state index contributed by atoms with van der Waals surface area (Å²) in [7, 11) is 1.50. The Morgan fingerprint density at radius 2 is 1.96 bits per heavy atom. The smallest absolute Gasteiger partial charge is 0.311 e. The molecule has 2 aliphatic carbocycles. The van der Waals surface area contributed by atoms with Crippen molar-refractivity contribution in [1.29, 1.82) is 0 Å². The molecule has 0 amide bonds. The number of ether oxygens (including phenoxy) is 1. The number of Topliss-reactive ketones (excluding diaryl/α,β-unsaturated/α-hetero) is 1. The van der Waals surface area contributed by atoms with E-state index in [2.05, 4.69) is 39.8 Å². The molecular formula is C24H34O3. The average molecular weight is 371 g/mol. The van der Waals surface area contributed by atoms with Gasteiger partial charge in [-0.15, -0.1) is 0 Å². The number of carbonyl (C=O) groups excluding carboxylic acids is 2. The maximum Gasteiger partial charge on any atom is 0.311 e. The van der Waals surface area contributed by atoms with Crippen molar-refractivity contribution >= 4 is 11.8 Å². The first kappa shape index (κ1) is 20.1. The van der Waals surface area contributed by atoms with E-state index in [0.29, 0.717) is 5.92 Å². The molecule has 27 heavy (non-hydrogen) atoms. The third-order valence-electron chi connectivity index (χ3n) is 7.70. The molecule has 0 N–H and O–H groups in total. The van der Waals surface area contributed by atoms with Gasteiger partial charge >= 0.3 is 5.97 Å². The lowest BCUT2D eigenvalue weighted by atomic mass is 9.49. The van der Waals surface area contributed by atoms with E-state index in [1.807, 2.05) is 0 Å². The Balaban J connectivity index is 2.16.